The van der Waals surface area contributed by atoms with Crippen molar-refractivity contribution in [3.05, 3.63) is 6.92 Å². The fourth-order valence-corrected chi connectivity index (χ4v) is 1.87. The Kier molecular flexibility index (Phi) is 8.90. The van der Waals surface area contributed by atoms with Gasteiger partial charge >= 0.3 is 0 Å². The van der Waals surface area contributed by atoms with Crippen LogP contribution in [-0.4, -0.2) is 62.3 Å². The molecule has 0 saturated carbocycles. The highest BCUT2D eigenvalue weighted by molar-refractivity contribution is 4.71. The molecule has 0 fully saturated rings. The van der Waals surface area contributed by atoms with Crippen molar-refractivity contribution in [2.75, 3.05) is 41.3 Å². The third kappa shape index (κ3) is 9.13. The van der Waals surface area contributed by atoms with Crippen molar-refractivity contribution in [3.8, 4) is 0 Å². The van der Waals surface area contributed by atoms with E-state index in [1.54, 1.807) is 0 Å². The molecule has 0 aromatic rings. The predicted octanol–water partition coefficient (Wildman–Crippen LogP) is 1.48. The summed E-state index contributed by atoms with van der Waals surface area (Å²) in [4.78, 5) is 4.37. The second-order valence-corrected chi connectivity index (χ2v) is 5.22. The number of nitrogens with zero attached hydrogens (tertiary/aromatic N) is 2. The van der Waals surface area contributed by atoms with Gasteiger partial charge in [-0.25, -0.2) is 0 Å². The molecule has 97 valence electrons. The fraction of sp³-hybridized carbons (Fsp3) is 0.923. The van der Waals surface area contributed by atoms with Crippen LogP contribution < -0.4 is 0 Å². The molecule has 0 saturated heterocycles. The van der Waals surface area contributed by atoms with E-state index in [0.29, 0.717) is 5.92 Å². The summed E-state index contributed by atoms with van der Waals surface area (Å²) in [6, 6.07) is 0. The van der Waals surface area contributed by atoms with Crippen molar-refractivity contribution in [2.24, 2.45) is 5.92 Å². The van der Waals surface area contributed by atoms with Gasteiger partial charge in [0.2, 0.25) is 0 Å². The van der Waals surface area contributed by atoms with Crippen LogP contribution in [0.5, 0.6) is 0 Å². The van der Waals surface area contributed by atoms with Gasteiger partial charge in [-0.05, 0) is 79.8 Å². The zero-order valence-electron chi connectivity index (χ0n) is 11.4. The van der Waals surface area contributed by atoms with Gasteiger partial charge in [0.25, 0.3) is 0 Å². The van der Waals surface area contributed by atoms with Crippen molar-refractivity contribution in [2.45, 2.75) is 31.8 Å². The van der Waals surface area contributed by atoms with Gasteiger partial charge in [-0.1, -0.05) is 0 Å². The predicted molar refractivity (Wildman–Crippen MR) is 70.4 cm³/mol. The first-order chi connectivity index (χ1) is 7.43. The molecule has 0 aromatic heterocycles. The van der Waals surface area contributed by atoms with Crippen molar-refractivity contribution >= 4 is 0 Å². The second kappa shape index (κ2) is 8.97. The molecular weight excluding hydrogens is 200 g/mol. The molecule has 16 heavy (non-hydrogen) atoms. The Labute approximate surface area is 101 Å². The normalized spacial score (nSPS) is 14.1. The minimum absolute atomic E-state index is 0.361. The van der Waals surface area contributed by atoms with E-state index in [2.05, 4.69) is 44.9 Å². The Morgan fingerprint density at radius 2 is 1.31 bits per heavy atom. The molecule has 0 rings (SSSR count). The first-order valence-corrected chi connectivity index (χ1v) is 6.24. The van der Waals surface area contributed by atoms with Crippen molar-refractivity contribution in [1.29, 1.82) is 0 Å². The van der Waals surface area contributed by atoms with Gasteiger partial charge in [0, 0.05) is 0 Å². The van der Waals surface area contributed by atoms with Gasteiger partial charge in [0.05, 0.1) is 6.10 Å². The lowest BCUT2D eigenvalue weighted by Crippen LogP contribution is -2.22. The molecule has 1 unspecified atom stereocenters. The Bertz CT molecular complexity index is 144. The minimum atomic E-state index is -0.413. The summed E-state index contributed by atoms with van der Waals surface area (Å²) in [6.07, 6.45) is 4.04. The summed E-state index contributed by atoms with van der Waals surface area (Å²) < 4.78 is 0. The summed E-state index contributed by atoms with van der Waals surface area (Å²) in [5.41, 5.74) is 0. The number of aliphatic hydroxyl groups is 1. The number of aliphatic hydroxyl groups excluding tert-OH is 1. The molecule has 0 aliphatic rings. The summed E-state index contributed by atoms with van der Waals surface area (Å²) in [5.74, 6) is 0.361. The van der Waals surface area contributed by atoms with E-state index >= 15 is 0 Å². The molecule has 1 atom stereocenters. The number of rotatable bonds is 9. The van der Waals surface area contributed by atoms with E-state index in [-0.39, 0.29) is 0 Å². The van der Waals surface area contributed by atoms with Crippen LogP contribution in [0.25, 0.3) is 0 Å². The highest BCUT2D eigenvalue weighted by Gasteiger charge is 2.14. The van der Waals surface area contributed by atoms with Crippen LogP contribution in [0.4, 0.5) is 0 Å². The van der Waals surface area contributed by atoms with Gasteiger partial charge in [0.15, 0.2) is 0 Å². The lowest BCUT2D eigenvalue weighted by molar-refractivity contribution is 0.130. The Balaban J connectivity index is 3.71. The number of hydrogen-bond acceptors (Lipinski definition) is 3. The van der Waals surface area contributed by atoms with E-state index < -0.39 is 6.10 Å². The molecule has 3 nitrogen and oxygen atoms in total. The SMILES string of the molecule is [CH2]C(O)C(CCCN(C)C)CCCN(C)C. The Hall–Kier alpha value is -0.120. The molecule has 0 aliphatic heterocycles. The van der Waals surface area contributed by atoms with Crippen LogP contribution in [0, 0.1) is 12.8 Å². The molecule has 0 aliphatic carbocycles. The maximum absolute atomic E-state index is 9.60. The van der Waals surface area contributed by atoms with Crippen molar-refractivity contribution in [1.82, 2.24) is 9.80 Å². The van der Waals surface area contributed by atoms with Gasteiger partial charge in [-0.2, -0.15) is 0 Å². The van der Waals surface area contributed by atoms with Crippen LogP contribution in [0.15, 0.2) is 0 Å². The lowest BCUT2D eigenvalue weighted by Gasteiger charge is -2.21. The third-order valence-electron chi connectivity index (χ3n) is 2.90. The van der Waals surface area contributed by atoms with Crippen LogP contribution in [-0.2, 0) is 0 Å². The van der Waals surface area contributed by atoms with Gasteiger partial charge in [-0.15, -0.1) is 0 Å². The summed E-state index contributed by atoms with van der Waals surface area (Å²) in [5, 5.41) is 9.60. The molecule has 1 N–H and O–H groups in total. The standard InChI is InChI=1S/C13H29N2O/c1-12(16)13(8-6-10-14(2)3)9-7-11-15(4)5/h12-13,16H,1,6-11H2,2-5H3. The maximum Gasteiger partial charge on any atom is 0.0569 e. The van der Waals surface area contributed by atoms with Gasteiger partial charge < -0.3 is 14.9 Å². The molecular formula is C13H29N2O. The number of hydrogen-bond donors (Lipinski definition) is 1. The Morgan fingerprint density at radius 3 is 1.56 bits per heavy atom. The van der Waals surface area contributed by atoms with Gasteiger partial charge in [0.1, 0.15) is 0 Å². The molecule has 0 bridgehead atoms. The third-order valence-corrected chi connectivity index (χ3v) is 2.90. The second-order valence-electron chi connectivity index (χ2n) is 5.22. The molecule has 0 heterocycles. The van der Waals surface area contributed by atoms with E-state index in [9.17, 15) is 5.11 Å². The van der Waals surface area contributed by atoms with E-state index in [1.807, 2.05) is 0 Å². The average molecular weight is 229 g/mol. The first-order valence-electron chi connectivity index (χ1n) is 6.24. The van der Waals surface area contributed by atoms with Crippen molar-refractivity contribution < 1.29 is 5.11 Å². The van der Waals surface area contributed by atoms with Crippen LogP contribution in [0.2, 0.25) is 0 Å². The van der Waals surface area contributed by atoms with Crippen molar-refractivity contribution in [3.63, 3.8) is 0 Å². The van der Waals surface area contributed by atoms with Crippen LogP contribution >= 0.6 is 0 Å². The molecule has 3 heteroatoms. The maximum atomic E-state index is 9.60. The van der Waals surface area contributed by atoms with Gasteiger partial charge in [-0.3, -0.25) is 0 Å². The highest BCUT2D eigenvalue weighted by atomic mass is 16.3. The fourth-order valence-electron chi connectivity index (χ4n) is 1.87. The Morgan fingerprint density at radius 1 is 0.938 bits per heavy atom. The molecule has 0 aromatic carbocycles. The molecule has 0 amide bonds. The van der Waals surface area contributed by atoms with Crippen LogP contribution in [0.1, 0.15) is 25.7 Å². The average Bonchev–Trinajstić information content (AvgIpc) is 2.14. The highest BCUT2D eigenvalue weighted by Crippen LogP contribution is 2.18. The quantitative estimate of drug-likeness (QED) is 0.649. The first kappa shape index (κ1) is 15.9. The zero-order valence-corrected chi connectivity index (χ0v) is 11.4. The summed E-state index contributed by atoms with van der Waals surface area (Å²) in [7, 11) is 8.34. The minimum Gasteiger partial charge on any atom is -0.393 e. The van der Waals surface area contributed by atoms with E-state index in [0.717, 1.165) is 38.8 Å². The van der Waals surface area contributed by atoms with E-state index in [1.165, 1.54) is 0 Å². The molecule has 1 radical (unpaired) electrons. The summed E-state index contributed by atoms with van der Waals surface area (Å²) >= 11 is 0. The smallest absolute Gasteiger partial charge is 0.0569 e. The van der Waals surface area contributed by atoms with Crippen LogP contribution in [0.3, 0.4) is 0 Å². The lowest BCUT2D eigenvalue weighted by atomic mass is 9.92. The zero-order chi connectivity index (χ0) is 12.6. The van der Waals surface area contributed by atoms with E-state index in [4.69, 9.17) is 0 Å². The monoisotopic (exact) mass is 229 g/mol. The summed E-state index contributed by atoms with van der Waals surface area (Å²) in [6.45, 7) is 5.95. The topological polar surface area (TPSA) is 26.7 Å². The molecule has 0 spiro atoms. The largest absolute Gasteiger partial charge is 0.393 e.